The minimum Gasteiger partial charge on any atom is -0.493 e. The van der Waals surface area contributed by atoms with Gasteiger partial charge in [-0.05, 0) is 24.0 Å². The monoisotopic (exact) mass is 304 g/mol. The zero-order valence-electron chi connectivity index (χ0n) is 9.51. The first-order chi connectivity index (χ1) is 7.60. The highest BCUT2D eigenvalue weighted by Crippen LogP contribution is 2.51. The third-order valence-corrected chi connectivity index (χ3v) is 4.42. The van der Waals surface area contributed by atoms with Crippen LogP contribution in [0.2, 0.25) is 0 Å². The molecule has 2 rings (SSSR count). The molecule has 0 amide bonds. The molecule has 1 aromatic carbocycles. The molecule has 0 heterocycles. The topological polar surface area (TPSA) is 18.5 Å². The van der Waals surface area contributed by atoms with Gasteiger partial charge in [0.2, 0.25) is 0 Å². The van der Waals surface area contributed by atoms with Crippen molar-refractivity contribution in [1.29, 1.82) is 0 Å². The Morgan fingerprint density at radius 1 is 1.38 bits per heavy atom. The fourth-order valence-corrected chi connectivity index (χ4v) is 3.14. The molecule has 0 saturated carbocycles. The number of fused-ring (bicyclic) bond motifs is 1. The van der Waals surface area contributed by atoms with Gasteiger partial charge in [-0.25, -0.2) is 0 Å². The van der Waals surface area contributed by atoms with Gasteiger partial charge in [0.05, 0.1) is 19.6 Å². The number of hydrogen-bond donors (Lipinski definition) is 0. The molecule has 0 aliphatic heterocycles. The van der Waals surface area contributed by atoms with E-state index in [4.69, 9.17) is 21.1 Å². The molecule has 2 unspecified atom stereocenters. The van der Waals surface area contributed by atoms with Gasteiger partial charge in [0.1, 0.15) is 0 Å². The van der Waals surface area contributed by atoms with Crippen molar-refractivity contribution < 1.29 is 9.47 Å². The van der Waals surface area contributed by atoms with Crippen LogP contribution in [-0.2, 0) is 6.42 Å². The van der Waals surface area contributed by atoms with Crippen LogP contribution in [-0.4, -0.2) is 14.2 Å². The molecule has 0 bridgehead atoms. The van der Waals surface area contributed by atoms with Crippen LogP contribution in [0.25, 0.3) is 0 Å². The van der Waals surface area contributed by atoms with E-state index in [1.165, 1.54) is 5.56 Å². The van der Waals surface area contributed by atoms with E-state index in [1.54, 1.807) is 14.2 Å². The maximum absolute atomic E-state index is 6.42. The van der Waals surface area contributed by atoms with E-state index in [0.717, 1.165) is 28.0 Å². The molecule has 0 radical (unpaired) electrons. The van der Waals surface area contributed by atoms with E-state index in [9.17, 15) is 0 Å². The van der Waals surface area contributed by atoms with E-state index < -0.39 is 0 Å². The normalized spacial score (nSPS) is 23.1. The molecule has 0 spiro atoms. The lowest BCUT2D eigenvalue weighted by atomic mass is 10.1. The maximum atomic E-state index is 6.42. The highest BCUT2D eigenvalue weighted by Gasteiger charge is 2.34. The van der Waals surface area contributed by atoms with Crippen molar-refractivity contribution in [1.82, 2.24) is 0 Å². The average Bonchev–Trinajstić information content (AvgIpc) is 2.57. The van der Waals surface area contributed by atoms with Crippen LogP contribution >= 0.6 is 27.5 Å². The van der Waals surface area contributed by atoms with Crippen LogP contribution in [0.5, 0.6) is 11.5 Å². The van der Waals surface area contributed by atoms with E-state index >= 15 is 0 Å². The van der Waals surface area contributed by atoms with Gasteiger partial charge in [0.15, 0.2) is 11.5 Å². The van der Waals surface area contributed by atoms with Crippen molar-refractivity contribution in [2.75, 3.05) is 14.2 Å². The molecular formula is C12H14BrClO2. The molecule has 0 aromatic heterocycles. The van der Waals surface area contributed by atoms with Gasteiger partial charge in [-0.3, -0.25) is 0 Å². The number of rotatable bonds is 2. The summed E-state index contributed by atoms with van der Waals surface area (Å²) in [5, 5.41) is -0.00338. The predicted octanol–water partition coefficient (Wildman–Crippen LogP) is 3.94. The lowest BCUT2D eigenvalue weighted by molar-refractivity contribution is 0.351. The molecule has 4 heteroatoms. The van der Waals surface area contributed by atoms with Crippen LogP contribution in [0.4, 0.5) is 0 Å². The first-order valence-electron chi connectivity index (χ1n) is 5.17. The van der Waals surface area contributed by atoms with Gasteiger partial charge in [0.25, 0.3) is 0 Å². The van der Waals surface area contributed by atoms with Gasteiger partial charge in [-0.1, -0.05) is 22.9 Å². The van der Waals surface area contributed by atoms with Gasteiger partial charge in [-0.2, -0.15) is 0 Å². The molecule has 2 atom stereocenters. The number of hydrogen-bond acceptors (Lipinski definition) is 2. The summed E-state index contributed by atoms with van der Waals surface area (Å²) in [6.45, 7) is 2.15. The zero-order chi connectivity index (χ0) is 11.9. The SMILES string of the molecule is COc1cc(Br)c2c(c1OC)C(Cl)C(C)C2. The minimum atomic E-state index is -0.00338. The van der Waals surface area contributed by atoms with Crippen molar-refractivity contribution in [3.63, 3.8) is 0 Å². The van der Waals surface area contributed by atoms with E-state index in [1.807, 2.05) is 6.07 Å². The first-order valence-corrected chi connectivity index (χ1v) is 6.40. The smallest absolute Gasteiger partial charge is 0.165 e. The standard InChI is InChI=1S/C12H14BrClO2/c1-6-4-7-8(13)5-9(15-2)12(16-3)10(7)11(6)14/h5-6,11H,4H2,1-3H3. The molecular weight excluding hydrogens is 291 g/mol. The second-order valence-electron chi connectivity index (χ2n) is 4.07. The van der Waals surface area contributed by atoms with Crippen LogP contribution in [0.1, 0.15) is 23.4 Å². The molecule has 16 heavy (non-hydrogen) atoms. The van der Waals surface area contributed by atoms with Crippen molar-refractivity contribution in [3.8, 4) is 11.5 Å². The van der Waals surface area contributed by atoms with Crippen LogP contribution in [0.3, 0.4) is 0 Å². The summed E-state index contributed by atoms with van der Waals surface area (Å²) in [7, 11) is 3.29. The third-order valence-electron chi connectivity index (χ3n) is 3.07. The Balaban J connectivity index is 2.66. The van der Waals surface area contributed by atoms with Crippen molar-refractivity contribution >= 4 is 27.5 Å². The Morgan fingerprint density at radius 2 is 2.06 bits per heavy atom. The number of ether oxygens (including phenoxy) is 2. The van der Waals surface area contributed by atoms with Gasteiger partial charge >= 0.3 is 0 Å². The average molecular weight is 306 g/mol. The van der Waals surface area contributed by atoms with Crippen LogP contribution in [0, 0.1) is 5.92 Å². The fourth-order valence-electron chi connectivity index (χ4n) is 2.24. The summed E-state index contributed by atoms with van der Waals surface area (Å²) in [4.78, 5) is 0. The zero-order valence-corrected chi connectivity index (χ0v) is 11.9. The van der Waals surface area contributed by atoms with E-state index in [2.05, 4.69) is 22.9 Å². The summed E-state index contributed by atoms with van der Waals surface area (Å²) in [5.74, 6) is 1.92. The van der Waals surface area contributed by atoms with Crippen LogP contribution in [0.15, 0.2) is 10.5 Å². The maximum Gasteiger partial charge on any atom is 0.165 e. The van der Waals surface area contributed by atoms with Crippen molar-refractivity contribution in [2.24, 2.45) is 5.92 Å². The molecule has 0 fully saturated rings. The Kier molecular flexibility index (Phi) is 3.36. The van der Waals surface area contributed by atoms with Crippen LogP contribution < -0.4 is 9.47 Å². The van der Waals surface area contributed by atoms with E-state index in [0.29, 0.717) is 5.92 Å². The number of alkyl halides is 1. The Morgan fingerprint density at radius 3 is 2.62 bits per heavy atom. The fraction of sp³-hybridized carbons (Fsp3) is 0.500. The second-order valence-corrected chi connectivity index (χ2v) is 5.39. The second kappa shape index (κ2) is 4.46. The first kappa shape index (κ1) is 12.1. The van der Waals surface area contributed by atoms with Gasteiger partial charge in [0, 0.05) is 10.0 Å². The lowest BCUT2D eigenvalue weighted by Gasteiger charge is -2.15. The van der Waals surface area contributed by atoms with Gasteiger partial charge < -0.3 is 9.47 Å². The Hall–Kier alpha value is -0.410. The summed E-state index contributed by atoms with van der Waals surface area (Å²) in [5.41, 5.74) is 2.31. The predicted molar refractivity (Wildman–Crippen MR) is 68.7 cm³/mol. The highest BCUT2D eigenvalue weighted by atomic mass is 79.9. The molecule has 2 nitrogen and oxygen atoms in total. The minimum absolute atomic E-state index is 0.00338. The lowest BCUT2D eigenvalue weighted by Crippen LogP contribution is -1.99. The molecule has 1 aliphatic rings. The van der Waals surface area contributed by atoms with Crippen molar-refractivity contribution in [3.05, 3.63) is 21.7 Å². The summed E-state index contributed by atoms with van der Waals surface area (Å²) >= 11 is 9.98. The molecule has 1 aromatic rings. The van der Waals surface area contributed by atoms with Crippen molar-refractivity contribution in [2.45, 2.75) is 18.7 Å². The highest BCUT2D eigenvalue weighted by molar-refractivity contribution is 9.10. The summed E-state index contributed by atoms with van der Waals surface area (Å²) in [6, 6.07) is 1.94. The summed E-state index contributed by atoms with van der Waals surface area (Å²) in [6.07, 6.45) is 0.977. The number of halogens is 2. The molecule has 88 valence electrons. The van der Waals surface area contributed by atoms with E-state index in [-0.39, 0.29) is 5.38 Å². The Bertz CT molecular complexity index is 420. The molecule has 0 saturated heterocycles. The number of methoxy groups -OCH3 is 2. The summed E-state index contributed by atoms with van der Waals surface area (Å²) < 4.78 is 11.8. The quantitative estimate of drug-likeness (QED) is 0.771. The molecule has 0 N–H and O–H groups in total. The number of benzene rings is 1. The van der Waals surface area contributed by atoms with Gasteiger partial charge in [-0.15, -0.1) is 11.6 Å². The molecule has 1 aliphatic carbocycles. The largest absolute Gasteiger partial charge is 0.493 e. The Labute approximate surface area is 109 Å². The third kappa shape index (κ3) is 1.70.